The lowest BCUT2D eigenvalue weighted by Crippen LogP contribution is -2.07. The number of benzene rings is 2. The van der Waals surface area contributed by atoms with Crippen molar-refractivity contribution in [2.75, 3.05) is 5.32 Å². The molecule has 0 fully saturated rings. The van der Waals surface area contributed by atoms with Gasteiger partial charge in [0.05, 0.1) is 17.1 Å². The first-order valence-corrected chi connectivity index (χ1v) is 7.21. The Hall–Kier alpha value is -1.52. The summed E-state index contributed by atoms with van der Waals surface area (Å²) in [5.41, 5.74) is 2.58. The Morgan fingerprint density at radius 1 is 1.20 bits per heavy atom. The van der Waals surface area contributed by atoms with Gasteiger partial charge in [0, 0.05) is 11.0 Å². The SMILES string of the molecule is O=C(O)Cc1ccccc1CNc1ccc(Br)cc1Cl. The molecule has 2 N–H and O–H groups in total. The summed E-state index contributed by atoms with van der Waals surface area (Å²) >= 11 is 9.49. The fourth-order valence-corrected chi connectivity index (χ4v) is 2.63. The molecule has 3 nitrogen and oxygen atoms in total. The van der Waals surface area contributed by atoms with Crippen LogP contribution in [-0.2, 0) is 17.8 Å². The first-order valence-electron chi connectivity index (χ1n) is 6.04. The molecule has 0 spiro atoms. The second-order valence-electron chi connectivity index (χ2n) is 4.32. The van der Waals surface area contributed by atoms with Crippen LogP contribution in [0.1, 0.15) is 11.1 Å². The van der Waals surface area contributed by atoms with Crippen molar-refractivity contribution in [3.8, 4) is 0 Å². The molecule has 2 aromatic rings. The molecule has 0 aromatic heterocycles. The zero-order valence-electron chi connectivity index (χ0n) is 10.6. The van der Waals surface area contributed by atoms with E-state index in [2.05, 4.69) is 21.2 Å². The molecular formula is C15H13BrClNO2. The van der Waals surface area contributed by atoms with Gasteiger partial charge in [0.25, 0.3) is 0 Å². The molecule has 5 heteroatoms. The minimum absolute atomic E-state index is 0.0198. The van der Waals surface area contributed by atoms with Gasteiger partial charge >= 0.3 is 5.97 Å². The van der Waals surface area contributed by atoms with Crippen LogP contribution in [0.15, 0.2) is 46.9 Å². The van der Waals surface area contributed by atoms with Crippen LogP contribution in [0.2, 0.25) is 5.02 Å². The second-order valence-corrected chi connectivity index (χ2v) is 5.64. The fourth-order valence-electron chi connectivity index (χ4n) is 1.89. The molecule has 0 unspecified atom stereocenters. The fraction of sp³-hybridized carbons (Fsp3) is 0.133. The van der Waals surface area contributed by atoms with Crippen molar-refractivity contribution in [1.82, 2.24) is 0 Å². The molecule has 0 saturated carbocycles. The number of halogens is 2. The molecular weight excluding hydrogens is 342 g/mol. The highest BCUT2D eigenvalue weighted by Crippen LogP contribution is 2.26. The second kappa shape index (κ2) is 6.77. The summed E-state index contributed by atoms with van der Waals surface area (Å²) in [6.45, 7) is 0.533. The maximum absolute atomic E-state index is 10.8. The Morgan fingerprint density at radius 2 is 1.90 bits per heavy atom. The summed E-state index contributed by atoms with van der Waals surface area (Å²) in [6.07, 6.45) is 0.0198. The summed E-state index contributed by atoms with van der Waals surface area (Å²) < 4.78 is 0.916. The van der Waals surface area contributed by atoms with Gasteiger partial charge in [0.1, 0.15) is 0 Å². The quantitative estimate of drug-likeness (QED) is 0.839. The summed E-state index contributed by atoms with van der Waals surface area (Å²) in [5, 5.41) is 12.7. The van der Waals surface area contributed by atoms with Crippen molar-refractivity contribution >= 4 is 39.2 Å². The summed E-state index contributed by atoms with van der Waals surface area (Å²) in [4.78, 5) is 10.8. The van der Waals surface area contributed by atoms with Gasteiger partial charge in [-0.2, -0.15) is 0 Å². The lowest BCUT2D eigenvalue weighted by Gasteiger charge is -2.11. The zero-order valence-corrected chi connectivity index (χ0v) is 12.9. The van der Waals surface area contributed by atoms with Gasteiger partial charge < -0.3 is 10.4 Å². The van der Waals surface area contributed by atoms with E-state index >= 15 is 0 Å². The number of carbonyl (C=O) groups is 1. The number of nitrogens with one attached hydrogen (secondary N) is 1. The largest absolute Gasteiger partial charge is 0.481 e. The van der Waals surface area contributed by atoms with Crippen molar-refractivity contribution in [3.05, 3.63) is 63.1 Å². The van der Waals surface area contributed by atoms with Crippen LogP contribution < -0.4 is 5.32 Å². The molecule has 0 aliphatic heterocycles. The van der Waals surface area contributed by atoms with Gasteiger partial charge in [-0.25, -0.2) is 0 Å². The number of carboxylic acids is 1. The number of anilines is 1. The Labute approximate surface area is 130 Å². The van der Waals surface area contributed by atoms with Crippen LogP contribution in [0, 0.1) is 0 Å². The van der Waals surface area contributed by atoms with Gasteiger partial charge in [0.2, 0.25) is 0 Å². The van der Waals surface area contributed by atoms with E-state index in [4.69, 9.17) is 16.7 Å². The van der Waals surface area contributed by atoms with E-state index in [9.17, 15) is 4.79 Å². The van der Waals surface area contributed by atoms with Crippen LogP contribution in [0.5, 0.6) is 0 Å². The Balaban J connectivity index is 2.12. The van der Waals surface area contributed by atoms with Gasteiger partial charge in [-0.05, 0) is 29.3 Å². The molecule has 0 saturated heterocycles. The molecule has 0 radical (unpaired) electrons. The molecule has 20 heavy (non-hydrogen) atoms. The van der Waals surface area contributed by atoms with Crippen LogP contribution in [0.3, 0.4) is 0 Å². The van der Waals surface area contributed by atoms with E-state index in [0.29, 0.717) is 11.6 Å². The third-order valence-electron chi connectivity index (χ3n) is 2.86. The standard InChI is InChI=1S/C15H13BrClNO2/c16-12-5-6-14(13(17)8-12)18-9-11-4-2-1-3-10(11)7-15(19)20/h1-6,8,18H,7,9H2,(H,19,20). The number of hydrogen-bond donors (Lipinski definition) is 2. The summed E-state index contributed by atoms with van der Waals surface area (Å²) in [5.74, 6) is -0.834. The van der Waals surface area contributed by atoms with Crippen LogP contribution in [0.25, 0.3) is 0 Å². The third-order valence-corrected chi connectivity index (χ3v) is 3.67. The van der Waals surface area contributed by atoms with E-state index in [0.717, 1.165) is 21.3 Å². The summed E-state index contributed by atoms with van der Waals surface area (Å²) in [7, 11) is 0. The molecule has 0 bridgehead atoms. The highest BCUT2D eigenvalue weighted by Gasteiger charge is 2.07. The van der Waals surface area contributed by atoms with Crippen LogP contribution >= 0.6 is 27.5 Å². The van der Waals surface area contributed by atoms with E-state index in [-0.39, 0.29) is 6.42 Å². The van der Waals surface area contributed by atoms with E-state index in [1.807, 2.05) is 42.5 Å². The van der Waals surface area contributed by atoms with Crippen LogP contribution in [0.4, 0.5) is 5.69 Å². The Morgan fingerprint density at radius 3 is 2.55 bits per heavy atom. The molecule has 0 heterocycles. The van der Waals surface area contributed by atoms with Gasteiger partial charge in [-0.1, -0.05) is 51.8 Å². The number of carboxylic acid groups (broad SMARTS) is 1. The topological polar surface area (TPSA) is 49.3 Å². The van der Waals surface area contributed by atoms with Crippen molar-refractivity contribution in [2.24, 2.45) is 0 Å². The van der Waals surface area contributed by atoms with Gasteiger partial charge in [-0.3, -0.25) is 4.79 Å². The first-order chi connectivity index (χ1) is 9.56. The van der Waals surface area contributed by atoms with Crippen LogP contribution in [-0.4, -0.2) is 11.1 Å². The highest BCUT2D eigenvalue weighted by atomic mass is 79.9. The third kappa shape index (κ3) is 3.99. The molecule has 0 aliphatic rings. The minimum Gasteiger partial charge on any atom is -0.481 e. The van der Waals surface area contributed by atoms with E-state index in [1.165, 1.54) is 0 Å². The molecule has 104 valence electrons. The summed E-state index contributed by atoms with van der Waals surface area (Å²) in [6, 6.07) is 13.1. The maximum Gasteiger partial charge on any atom is 0.307 e. The smallest absolute Gasteiger partial charge is 0.307 e. The van der Waals surface area contributed by atoms with E-state index < -0.39 is 5.97 Å². The average molecular weight is 355 g/mol. The Kier molecular flexibility index (Phi) is 5.04. The zero-order chi connectivity index (χ0) is 14.5. The average Bonchev–Trinajstić information content (AvgIpc) is 2.39. The normalized spacial score (nSPS) is 10.3. The van der Waals surface area contributed by atoms with Crippen molar-refractivity contribution in [3.63, 3.8) is 0 Å². The van der Waals surface area contributed by atoms with E-state index in [1.54, 1.807) is 0 Å². The lowest BCUT2D eigenvalue weighted by molar-refractivity contribution is -0.136. The molecule has 0 aliphatic carbocycles. The Bertz CT molecular complexity index is 631. The lowest BCUT2D eigenvalue weighted by atomic mass is 10.0. The molecule has 2 aromatic carbocycles. The molecule has 0 atom stereocenters. The predicted octanol–water partition coefficient (Wildman–Crippen LogP) is 4.34. The van der Waals surface area contributed by atoms with Gasteiger partial charge in [0.15, 0.2) is 0 Å². The number of hydrogen-bond acceptors (Lipinski definition) is 2. The minimum atomic E-state index is -0.834. The molecule has 2 rings (SSSR count). The first kappa shape index (κ1) is 14.9. The van der Waals surface area contributed by atoms with Crippen molar-refractivity contribution < 1.29 is 9.90 Å². The monoisotopic (exact) mass is 353 g/mol. The van der Waals surface area contributed by atoms with Crippen molar-refractivity contribution in [2.45, 2.75) is 13.0 Å². The number of rotatable bonds is 5. The van der Waals surface area contributed by atoms with Gasteiger partial charge in [-0.15, -0.1) is 0 Å². The highest BCUT2D eigenvalue weighted by molar-refractivity contribution is 9.10. The maximum atomic E-state index is 10.8. The van der Waals surface area contributed by atoms with Crippen molar-refractivity contribution in [1.29, 1.82) is 0 Å². The molecule has 0 amide bonds. The predicted molar refractivity (Wildman–Crippen MR) is 84.3 cm³/mol. The number of aliphatic carboxylic acids is 1.